The topological polar surface area (TPSA) is 20.3 Å². The van der Waals surface area contributed by atoms with Crippen LogP contribution in [-0.2, 0) is 5.41 Å². The van der Waals surface area contributed by atoms with Crippen LogP contribution in [0.5, 0.6) is 0 Å². The minimum Gasteiger partial charge on any atom is -0.322 e. The first-order valence-corrected chi connectivity index (χ1v) is 11.2. The van der Waals surface area contributed by atoms with Crippen LogP contribution in [0.25, 0.3) is 11.1 Å². The van der Waals surface area contributed by atoms with Crippen molar-refractivity contribution in [2.24, 2.45) is 0 Å². The number of nitrogens with zero attached hydrogens (tertiary/aromatic N) is 1. The zero-order chi connectivity index (χ0) is 20.4. The van der Waals surface area contributed by atoms with Crippen LogP contribution in [0.2, 0.25) is 0 Å². The Morgan fingerprint density at radius 3 is 2.10 bits per heavy atom. The Morgan fingerprint density at radius 2 is 1.48 bits per heavy atom. The first-order chi connectivity index (χ1) is 13.9. The van der Waals surface area contributed by atoms with Gasteiger partial charge in [-0.2, -0.15) is 0 Å². The molecule has 1 heterocycles. The number of amides is 1. The smallest absolute Gasteiger partial charge is 0.255 e. The number of thioether (sulfide) groups is 1. The van der Waals surface area contributed by atoms with E-state index < -0.39 is 0 Å². The second kappa shape index (κ2) is 8.08. The third kappa shape index (κ3) is 4.25. The highest BCUT2D eigenvalue weighted by Crippen LogP contribution is 2.39. The van der Waals surface area contributed by atoms with E-state index in [1.807, 2.05) is 59.1 Å². The lowest BCUT2D eigenvalue weighted by Crippen LogP contribution is -2.30. The first-order valence-electron chi connectivity index (χ1n) is 10.1. The van der Waals surface area contributed by atoms with E-state index in [9.17, 15) is 4.79 Å². The van der Waals surface area contributed by atoms with Crippen molar-refractivity contribution in [3.05, 3.63) is 95.6 Å². The van der Waals surface area contributed by atoms with E-state index in [0.29, 0.717) is 0 Å². The van der Waals surface area contributed by atoms with E-state index in [0.717, 1.165) is 23.4 Å². The lowest BCUT2D eigenvalue weighted by Gasteiger charge is -2.25. The Labute approximate surface area is 178 Å². The molecule has 0 aromatic heterocycles. The van der Waals surface area contributed by atoms with Crippen molar-refractivity contribution in [1.82, 2.24) is 4.90 Å². The predicted octanol–water partition coefficient (Wildman–Crippen LogP) is 6.54. The Kier molecular flexibility index (Phi) is 5.51. The van der Waals surface area contributed by atoms with Gasteiger partial charge in [0.2, 0.25) is 0 Å². The van der Waals surface area contributed by atoms with Crippen molar-refractivity contribution in [3.63, 3.8) is 0 Å². The standard InChI is InChI=1S/C26H27NOS/c1-26(2,3)23-15-13-22(14-16-23)25-27(17-18-29-25)24(28)21-11-9-20(10-12-21)19-7-5-4-6-8-19/h4-16,25H,17-18H2,1-3H3. The summed E-state index contributed by atoms with van der Waals surface area (Å²) in [6, 6.07) is 27.0. The van der Waals surface area contributed by atoms with E-state index in [1.54, 1.807) is 0 Å². The van der Waals surface area contributed by atoms with E-state index in [-0.39, 0.29) is 16.7 Å². The van der Waals surface area contributed by atoms with Crippen molar-refractivity contribution in [2.45, 2.75) is 31.6 Å². The Balaban J connectivity index is 1.53. The van der Waals surface area contributed by atoms with E-state index >= 15 is 0 Å². The summed E-state index contributed by atoms with van der Waals surface area (Å²) in [5.74, 6) is 1.08. The van der Waals surface area contributed by atoms with Crippen LogP contribution in [0.4, 0.5) is 0 Å². The normalized spacial score (nSPS) is 16.8. The molecule has 1 aliphatic rings. The largest absolute Gasteiger partial charge is 0.322 e. The number of benzene rings is 3. The molecule has 1 fully saturated rings. The van der Waals surface area contributed by atoms with Crippen molar-refractivity contribution in [1.29, 1.82) is 0 Å². The molecular formula is C26H27NOS. The molecule has 0 radical (unpaired) electrons. The third-order valence-electron chi connectivity index (χ3n) is 5.45. The predicted molar refractivity (Wildman–Crippen MR) is 123 cm³/mol. The molecule has 29 heavy (non-hydrogen) atoms. The van der Waals surface area contributed by atoms with Gasteiger partial charge in [0.15, 0.2) is 0 Å². The van der Waals surface area contributed by atoms with Crippen LogP contribution in [-0.4, -0.2) is 23.1 Å². The molecule has 2 nitrogen and oxygen atoms in total. The molecule has 148 valence electrons. The summed E-state index contributed by atoms with van der Waals surface area (Å²) in [6.07, 6.45) is 0. The zero-order valence-electron chi connectivity index (χ0n) is 17.3. The second-order valence-electron chi connectivity index (χ2n) is 8.54. The lowest BCUT2D eigenvalue weighted by molar-refractivity contribution is 0.0760. The highest BCUT2D eigenvalue weighted by molar-refractivity contribution is 7.99. The van der Waals surface area contributed by atoms with E-state index in [4.69, 9.17) is 0 Å². The molecule has 0 N–H and O–H groups in total. The molecule has 3 aromatic carbocycles. The van der Waals surface area contributed by atoms with Gasteiger partial charge >= 0.3 is 0 Å². The maximum Gasteiger partial charge on any atom is 0.255 e. The quantitative estimate of drug-likeness (QED) is 0.497. The molecule has 3 heteroatoms. The minimum absolute atomic E-state index is 0.0883. The molecule has 3 aromatic rings. The van der Waals surface area contributed by atoms with Crippen LogP contribution in [0.3, 0.4) is 0 Å². The molecule has 4 rings (SSSR count). The maximum absolute atomic E-state index is 13.2. The summed E-state index contributed by atoms with van der Waals surface area (Å²) in [7, 11) is 0. The molecular weight excluding hydrogens is 374 g/mol. The van der Waals surface area contributed by atoms with Crippen LogP contribution >= 0.6 is 11.8 Å². The fourth-order valence-corrected chi connectivity index (χ4v) is 4.96. The van der Waals surface area contributed by atoms with Gasteiger partial charge in [0, 0.05) is 17.9 Å². The molecule has 0 spiro atoms. The number of hydrogen-bond donors (Lipinski definition) is 0. The number of carbonyl (C=O) groups is 1. The van der Waals surface area contributed by atoms with Gasteiger partial charge < -0.3 is 4.90 Å². The molecule has 1 saturated heterocycles. The summed E-state index contributed by atoms with van der Waals surface area (Å²) in [6.45, 7) is 7.46. The van der Waals surface area contributed by atoms with Gasteiger partial charge in [0.05, 0.1) is 0 Å². The molecule has 1 unspecified atom stereocenters. The SMILES string of the molecule is CC(C)(C)c1ccc(C2SCCN2C(=O)c2ccc(-c3ccccc3)cc2)cc1. The molecule has 0 saturated carbocycles. The van der Waals surface area contributed by atoms with Crippen LogP contribution < -0.4 is 0 Å². The zero-order valence-corrected chi connectivity index (χ0v) is 18.1. The fraction of sp³-hybridized carbons (Fsp3) is 0.269. The van der Waals surface area contributed by atoms with Crippen molar-refractivity contribution < 1.29 is 4.79 Å². The minimum atomic E-state index is 0.0883. The molecule has 0 bridgehead atoms. The Morgan fingerprint density at radius 1 is 0.862 bits per heavy atom. The number of carbonyl (C=O) groups excluding carboxylic acids is 1. The summed E-state index contributed by atoms with van der Waals surface area (Å²) in [4.78, 5) is 15.2. The average molecular weight is 402 g/mol. The second-order valence-corrected chi connectivity index (χ2v) is 9.73. The lowest BCUT2D eigenvalue weighted by atomic mass is 9.86. The van der Waals surface area contributed by atoms with Crippen molar-refractivity contribution >= 4 is 17.7 Å². The Hall–Kier alpha value is -2.52. The highest BCUT2D eigenvalue weighted by atomic mass is 32.2. The van der Waals surface area contributed by atoms with Gasteiger partial charge in [-0.15, -0.1) is 11.8 Å². The van der Waals surface area contributed by atoms with Crippen molar-refractivity contribution in [2.75, 3.05) is 12.3 Å². The van der Waals surface area contributed by atoms with Gasteiger partial charge in [-0.1, -0.05) is 87.5 Å². The summed E-state index contributed by atoms with van der Waals surface area (Å²) in [5, 5.41) is 0.0883. The van der Waals surface area contributed by atoms with Gasteiger partial charge in [-0.05, 0) is 39.8 Å². The van der Waals surface area contributed by atoms with E-state index in [2.05, 4.69) is 57.2 Å². The number of hydrogen-bond acceptors (Lipinski definition) is 2. The maximum atomic E-state index is 13.2. The van der Waals surface area contributed by atoms with Gasteiger partial charge in [-0.3, -0.25) is 4.79 Å². The molecule has 1 amide bonds. The number of rotatable bonds is 3. The summed E-state index contributed by atoms with van der Waals surface area (Å²) >= 11 is 1.85. The van der Waals surface area contributed by atoms with Crippen LogP contribution in [0.1, 0.15) is 47.6 Å². The molecule has 0 aliphatic carbocycles. The monoisotopic (exact) mass is 401 g/mol. The molecule has 1 aliphatic heterocycles. The third-order valence-corrected chi connectivity index (χ3v) is 6.71. The molecule has 1 atom stereocenters. The van der Waals surface area contributed by atoms with Gasteiger partial charge in [0.1, 0.15) is 5.37 Å². The summed E-state index contributed by atoms with van der Waals surface area (Å²) in [5.41, 5.74) is 5.71. The summed E-state index contributed by atoms with van der Waals surface area (Å²) < 4.78 is 0. The first kappa shape index (κ1) is 19.8. The van der Waals surface area contributed by atoms with Gasteiger partial charge in [-0.25, -0.2) is 0 Å². The van der Waals surface area contributed by atoms with Crippen LogP contribution in [0.15, 0.2) is 78.9 Å². The van der Waals surface area contributed by atoms with Crippen LogP contribution in [0, 0.1) is 0 Å². The Bertz CT molecular complexity index is 972. The van der Waals surface area contributed by atoms with E-state index in [1.165, 1.54) is 16.7 Å². The van der Waals surface area contributed by atoms with Crippen molar-refractivity contribution in [3.8, 4) is 11.1 Å². The van der Waals surface area contributed by atoms with Gasteiger partial charge in [0.25, 0.3) is 5.91 Å². The highest BCUT2D eigenvalue weighted by Gasteiger charge is 2.31. The average Bonchev–Trinajstić information content (AvgIpc) is 3.23. The fourth-order valence-electron chi connectivity index (χ4n) is 3.70.